The molecule has 1 atom stereocenters. The molecule has 8 nitrogen and oxygen atoms in total. The maximum absolute atomic E-state index is 4.80. The molecule has 3 aromatic rings. The topological polar surface area (TPSA) is 73.3 Å². The molecule has 7 rings (SSSR count). The minimum absolute atomic E-state index is 0.338. The molecule has 1 aromatic carbocycles. The Morgan fingerprint density at radius 1 is 0.971 bits per heavy atom. The van der Waals surface area contributed by atoms with Crippen LogP contribution in [0.3, 0.4) is 0 Å². The monoisotopic (exact) mass is 468 g/mol. The zero-order valence-corrected chi connectivity index (χ0v) is 20.3. The smallest absolute Gasteiger partial charge is 0.225 e. The molecule has 8 heteroatoms. The molecule has 35 heavy (non-hydrogen) atoms. The highest BCUT2D eigenvalue weighted by Crippen LogP contribution is 2.52. The summed E-state index contributed by atoms with van der Waals surface area (Å²) in [7, 11) is 0. The number of piperazine rings is 1. The lowest BCUT2D eigenvalue weighted by Gasteiger charge is -2.45. The van der Waals surface area contributed by atoms with E-state index < -0.39 is 0 Å². The fourth-order valence-corrected chi connectivity index (χ4v) is 6.12. The van der Waals surface area contributed by atoms with Crippen molar-refractivity contribution >= 4 is 23.1 Å². The van der Waals surface area contributed by atoms with Gasteiger partial charge in [-0.2, -0.15) is 0 Å². The summed E-state index contributed by atoms with van der Waals surface area (Å²) in [6.45, 7) is 7.97. The van der Waals surface area contributed by atoms with Crippen LogP contribution in [-0.4, -0.2) is 65.5 Å². The van der Waals surface area contributed by atoms with Crippen molar-refractivity contribution in [2.45, 2.75) is 38.6 Å². The number of aryl methyl sites for hydroxylation is 1. The summed E-state index contributed by atoms with van der Waals surface area (Å²) in [6, 6.07) is 10.9. The molecule has 1 N–H and O–H groups in total. The average molecular weight is 469 g/mol. The van der Waals surface area contributed by atoms with Gasteiger partial charge in [0.1, 0.15) is 0 Å². The maximum atomic E-state index is 4.80. The third kappa shape index (κ3) is 3.75. The molecular weight excluding hydrogens is 436 g/mol. The molecule has 180 valence electrons. The van der Waals surface area contributed by atoms with Crippen LogP contribution >= 0.6 is 0 Å². The van der Waals surface area contributed by atoms with Gasteiger partial charge in [-0.25, -0.2) is 9.97 Å². The fraction of sp³-hybridized carbons (Fsp3) is 0.481. The van der Waals surface area contributed by atoms with Gasteiger partial charge in [0.15, 0.2) is 5.82 Å². The highest BCUT2D eigenvalue weighted by atomic mass is 15.4. The zero-order chi connectivity index (χ0) is 23.4. The van der Waals surface area contributed by atoms with Gasteiger partial charge in [-0.15, -0.1) is 10.2 Å². The summed E-state index contributed by atoms with van der Waals surface area (Å²) >= 11 is 0. The molecule has 0 unspecified atom stereocenters. The standard InChI is InChI=1S/C27H32N8/c1-19-5-2-3-6-22(19)23-13-24-25(32-31-23)28-16-21-17-33(11-12-35(21)24)26-29-14-20(15-30-26)34-10-4-7-27(18-34)8-9-27/h2-3,5-6,13-15,21H,4,7-12,16-18H2,1H3,(H,28,32)/t21-/m0/s1. The van der Waals surface area contributed by atoms with E-state index in [0.29, 0.717) is 11.5 Å². The number of nitrogens with zero attached hydrogens (tertiary/aromatic N) is 7. The van der Waals surface area contributed by atoms with Gasteiger partial charge in [-0.05, 0) is 49.7 Å². The molecule has 4 aliphatic rings. The van der Waals surface area contributed by atoms with E-state index in [0.717, 1.165) is 61.4 Å². The number of aromatic nitrogens is 4. The lowest BCUT2D eigenvalue weighted by molar-refractivity contribution is 0.395. The zero-order valence-electron chi connectivity index (χ0n) is 20.3. The summed E-state index contributed by atoms with van der Waals surface area (Å²) in [6.07, 6.45) is 9.54. The molecule has 3 fully saturated rings. The molecule has 5 heterocycles. The van der Waals surface area contributed by atoms with Gasteiger partial charge in [0, 0.05) is 44.8 Å². The lowest BCUT2D eigenvalue weighted by Crippen LogP contribution is -2.58. The highest BCUT2D eigenvalue weighted by Gasteiger charge is 2.45. The first-order chi connectivity index (χ1) is 17.2. The second-order valence-corrected chi connectivity index (χ2v) is 10.7. The molecule has 1 spiro atoms. The van der Waals surface area contributed by atoms with Crippen molar-refractivity contribution in [3.8, 4) is 11.3 Å². The van der Waals surface area contributed by atoms with E-state index in [-0.39, 0.29) is 0 Å². The Kier molecular flexibility index (Phi) is 4.82. The van der Waals surface area contributed by atoms with Crippen LogP contribution in [0.1, 0.15) is 31.2 Å². The van der Waals surface area contributed by atoms with Crippen LogP contribution in [0.4, 0.5) is 23.1 Å². The molecule has 1 saturated carbocycles. The van der Waals surface area contributed by atoms with Crippen LogP contribution in [-0.2, 0) is 0 Å². The number of rotatable bonds is 3. The number of hydrogen-bond donors (Lipinski definition) is 1. The largest absolute Gasteiger partial charge is 0.368 e. The van der Waals surface area contributed by atoms with Crippen LogP contribution in [0.5, 0.6) is 0 Å². The first-order valence-electron chi connectivity index (χ1n) is 12.9. The van der Waals surface area contributed by atoms with Crippen LogP contribution in [0, 0.1) is 12.3 Å². The molecular formula is C27H32N8. The van der Waals surface area contributed by atoms with E-state index in [4.69, 9.17) is 9.97 Å². The first kappa shape index (κ1) is 20.9. The molecule has 0 radical (unpaired) electrons. The Balaban J connectivity index is 1.08. The summed E-state index contributed by atoms with van der Waals surface area (Å²) < 4.78 is 0. The number of hydrogen-bond acceptors (Lipinski definition) is 8. The van der Waals surface area contributed by atoms with E-state index in [1.165, 1.54) is 43.5 Å². The van der Waals surface area contributed by atoms with Gasteiger partial charge < -0.3 is 20.0 Å². The number of benzene rings is 1. The first-order valence-corrected chi connectivity index (χ1v) is 12.9. The molecule has 2 aromatic heterocycles. The van der Waals surface area contributed by atoms with E-state index in [2.05, 4.69) is 67.5 Å². The summed E-state index contributed by atoms with van der Waals surface area (Å²) in [4.78, 5) is 16.9. The van der Waals surface area contributed by atoms with Crippen LogP contribution in [0.15, 0.2) is 42.7 Å². The van der Waals surface area contributed by atoms with E-state index in [9.17, 15) is 0 Å². The molecule has 0 bridgehead atoms. The quantitative estimate of drug-likeness (QED) is 0.623. The van der Waals surface area contributed by atoms with E-state index >= 15 is 0 Å². The van der Waals surface area contributed by atoms with Gasteiger partial charge in [-0.3, -0.25) is 0 Å². The van der Waals surface area contributed by atoms with Crippen LogP contribution < -0.4 is 20.0 Å². The summed E-state index contributed by atoms with van der Waals surface area (Å²) in [5, 5.41) is 12.5. The van der Waals surface area contributed by atoms with Crippen LogP contribution in [0.25, 0.3) is 11.3 Å². The molecule has 1 aliphatic carbocycles. The Hall–Kier alpha value is -3.42. The van der Waals surface area contributed by atoms with Crippen molar-refractivity contribution in [3.63, 3.8) is 0 Å². The van der Waals surface area contributed by atoms with Gasteiger partial charge in [-0.1, -0.05) is 24.3 Å². The van der Waals surface area contributed by atoms with Crippen molar-refractivity contribution < 1.29 is 0 Å². The Labute approximate surface area is 206 Å². The maximum Gasteiger partial charge on any atom is 0.225 e. The second kappa shape index (κ2) is 8.07. The minimum atomic E-state index is 0.338. The SMILES string of the molecule is Cc1ccccc1-c1cc2c(nn1)NC[C@H]1CN(c3ncc(N4CCCC5(CC5)C4)cn3)CCN21. The van der Waals surface area contributed by atoms with Crippen molar-refractivity contribution in [3.05, 3.63) is 48.3 Å². The van der Waals surface area contributed by atoms with Gasteiger partial charge in [0.25, 0.3) is 0 Å². The van der Waals surface area contributed by atoms with Crippen molar-refractivity contribution in [2.24, 2.45) is 5.41 Å². The highest BCUT2D eigenvalue weighted by molar-refractivity contribution is 5.75. The van der Waals surface area contributed by atoms with Gasteiger partial charge in [0.2, 0.25) is 5.95 Å². The Morgan fingerprint density at radius 2 is 1.83 bits per heavy atom. The third-order valence-electron chi connectivity index (χ3n) is 8.38. The number of nitrogens with one attached hydrogen (secondary N) is 1. The predicted molar refractivity (Wildman–Crippen MR) is 139 cm³/mol. The average Bonchev–Trinajstić information content (AvgIpc) is 3.66. The molecule has 3 aliphatic heterocycles. The molecule has 2 saturated heterocycles. The summed E-state index contributed by atoms with van der Waals surface area (Å²) in [5.41, 5.74) is 6.19. The van der Waals surface area contributed by atoms with E-state index in [1.54, 1.807) is 0 Å². The second-order valence-electron chi connectivity index (χ2n) is 10.7. The number of piperidine rings is 1. The van der Waals surface area contributed by atoms with Crippen molar-refractivity contribution in [1.29, 1.82) is 0 Å². The van der Waals surface area contributed by atoms with Gasteiger partial charge in [0.05, 0.1) is 35.5 Å². The number of fused-ring (bicyclic) bond motifs is 3. The Bertz CT molecular complexity index is 1240. The number of anilines is 4. The van der Waals surface area contributed by atoms with Crippen LogP contribution in [0.2, 0.25) is 0 Å². The van der Waals surface area contributed by atoms with Crippen molar-refractivity contribution in [2.75, 3.05) is 59.3 Å². The lowest BCUT2D eigenvalue weighted by atomic mass is 9.95. The normalized spacial score (nSPS) is 22.4. The van der Waals surface area contributed by atoms with Crippen molar-refractivity contribution in [1.82, 2.24) is 20.2 Å². The Morgan fingerprint density at radius 3 is 2.66 bits per heavy atom. The fourth-order valence-electron chi connectivity index (χ4n) is 6.12. The predicted octanol–water partition coefficient (Wildman–Crippen LogP) is 3.74. The summed E-state index contributed by atoms with van der Waals surface area (Å²) in [5.74, 6) is 1.72. The minimum Gasteiger partial charge on any atom is -0.368 e. The molecule has 0 amide bonds. The van der Waals surface area contributed by atoms with E-state index in [1.807, 2.05) is 12.4 Å². The third-order valence-corrected chi connectivity index (χ3v) is 8.38. The van der Waals surface area contributed by atoms with Gasteiger partial charge >= 0.3 is 0 Å².